The van der Waals surface area contributed by atoms with Crippen LogP contribution in [0.2, 0.25) is 5.02 Å². The van der Waals surface area contributed by atoms with Crippen molar-refractivity contribution < 1.29 is 4.74 Å². The molecule has 3 unspecified atom stereocenters. The van der Waals surface area contributed by atoms with Crippen LogP contribution in [0.3, 0.4) is 0 Å². The Morgan fingerprint density at radius 1 is 1.29 bits per heavy atom. The average molecular weight is 304 g/mol. The van der Waals surface area contributed by atoms with Crippen LogP contribution in [0.15, 0.2) is 36.9 Å². The fraction of sp³-hybridized carbons (Fsp3) is 0.500. The third-order valence-electron chi connectivity index (χ3n) is 5.21. The number of epoxide rings is 1. The minimum absolute atomic E-state index is 0.0248. The van der Waals surface area contributed by atoms with E-state index < -0.39 is 0 Å². The summed E-state index contributed by atoms with van der Waals surface area (Å²) in [6.45, 7) is 4.37. The van der Waals surface area contributed by atoms with Crippen LogP contribution in [0, 0.1) is 0 Å². The van der Waals surface area contributed by atoms with Gasteiger partial charge in [0.2, 0.25) is 0 Å². The van der Waals surface area contributed by atoms with Crippen LogP contribution in [0.25, 0.3) is 0 Å². The molecule has 2 aromatic rings. The number of hydrogen-bond donors (Lipinski definition) is 0. The van der Waals surface area contributed by atoms with Gasteiger partial charge >= 0.3 is 0 Å². The predicted octanol–water partition coefficient (Wildman–Crippen LogP) is 3.60. The smallest absolute Gasteiger partial charge is 0.137 e. The maximum Gasteiger partial charge on any atom is 0.137 e. The van der Waals surface area contributed by atoms with Gasteiger partial charge < -0.3 is 4.74 Å². The number of benzene rings is 1. The Morgan fingerprint density at radius 2 is 2.05 bits per heavy atom. The zero-order valence-corrected chi connectivity index (χ0v) is 12.9. The van der Waals surface area contributed by atoms with Crippen molar-refractivity contribution in [1.29, 1.82) is 0 Å². The Labute approximate surface area is 129 Å². The molecule has 2 heterocycles. The highest BCUT2D eigenvalue weighted by atomic mass is 35.5. The first-order valence-corrected chi connectivity index (χ1v) is 7.77. The topological polar surface area (TPSA) is 43.2 Å². The van der Waals surface area contributed by atoms with E-state index in [1.165, 1.54) is 0 Å². The van der Waals surface area contributed by atoms with Crippen molar-refractivity contribution >= 4 is 11.6 Å². The SMILES string of the molecule is CC(c1ccccc1Cl)C1(C(C)n2cncn2)OC12CC2. The Balaban J connectivity index is 1.74. The van der Waals surface area contributed by atoms with Gasteiger partial charge in [-0.05, 0) is 31.4 Å². The molecule has 110 valence electrons. The molecule has 0 amide bonds. The molecule has 1 aromatic heterocycles. The first-order chi connectivity index (χ1) is 10.1. The van der Waals surface area contributed by atoms with Crippen molar-refractivity contribution in [3.63, 3.8) is 0 Å². The van der Waals surface area contributed by atoms with Gasteiger partial charge in [0.1, 0.15) is 23.9 Å². The van der Waals surface area contributed by atoms with Crippen molar-refractivity contribution in [1.82, 2.24) is 14.8 Å². The minimum atomic E-state index is -0.230. The zero-order valence-electron chi connectivity index (χ0n) is 12.2. The van der Waals surface area contributed by atoms with Crippen LogP contribution >= 0.6 is 11.6 Å². The zero-order chi connectivity index (χ0) is 14.7. The molecule has 2 aliphatic rings. The number of halogens is 1. The van der Waals surface area contributed by atoms with Gasteiger partial charge in [0.25, 0.3) is 0 Å². The second-order valence-electron chi connectivity index (χ2n) is 6.18. The summed E-state index contributed by atoms with van der Waals surface area (Å²) in [7, 11) is 0. The van der Waals surface area contributed by atoms with Crippen molar-refractivity contribution in [3.8, 4) is 0 Å². The molecular formula is C16H18ClN3O. The van der Waals surface area contributed by atoms with Crippen LogP contribution in [-0.2, 0) is 4.74 Å². The van der Waals surface area contributed by atoms with Crippen molar-refractivity contribution in [2.45, 2.75) is 49.9 Å². The Kier molecular flexibility index (Phi) is 2.72. The van der Waals surface area contributed by atoms with Crippen LogP contribution < -0.4 is 0 Å². The standard InChI is InChI=1S/C16H18ClN3O/c1-11(13-5-3-4-6-14(13)17)16(15(21-16)7-8-15)12(2)20-10-18-9-19-20/h3-6,9-12H,7-8H2,1-2H3. The highest BCUT2D eigenvalue weighted by Gasteiger charge is 2.81. The second kappa shape index (κ2) is 4.31. The molecule has 1 aliphatic heterocycles. The number of aromatic nitrogens is 3. The van der Waals surface area contributed by atoms with E-state index in [1.807, 2.05) is 22.9 Å². The van der Waals surface area contributed by atoms with Gasteiger partial charge in [-0.25, -0.2) is 9.67 Å². The summed E-state index contributed by atoms with van der Waals surface area (Å²) in [5.74, 6) is 0.216. The maximum atomic E-state index is 6.41. The fourth-order valence-corrected chi connectivity index (χ4v) is 4.19. The van der Waals surface area contributed by atoms with Crippen LogP contribution in [0.4, 0.5) is 0 Å². The van der Waals surface area contributed by atoms with Gasteiger partial charge in [0, 0.05) is 10.9 Å². The molecular weight excluding hydrogens is 286 g/mol. The summed E-state index contributed by atoms with van der Waals surface area (Å²) >= 11 is 6.41. The number of hydrogen-bond acceptors (Lipinski definition) is 3. The van der Waals surface area contributed by atoms with Crippen molar-refractivity contribution in [2.24, 2.45) is 0 Å². The molecule has 1 saturated heterocycles. The summed E-state index contributed by atoms with van der Waals surface area (Å²) in [6, 6.07) is 8.18. The lowest BCUT2D eigenvalue weighted by Gasteiger charge is -2.28. The molecule has 0 radical (unpaired) electrons. The molecule has 1 aliphatic carbocycles. The van der Waals surface area contributed by atoms with Gasteiger partial charge in [-0.2, -0.15) is 5.10 Å². The first kappa shape index (κ1) is 13.3. The first-order valence-electron chi connectivity index (χ1n) is 7.39. The second-order valence-corrected chi connectivity index (χ2v) is 6.59. The minimum Gasteiger partial charge on any atom is -0.360 e. The van der Waals surface area contributed by atoms with E-state index in [9.17, 15) is 0 Å². The van der Waals surface area contributed by atoms with Crippen LogP contribution in [0.5, 0.6) is 0 Å². The summed E-state index contributed by atoms with van der Waals surface area (Å²) in [5, 5.41) is 5.11. The lowest BCUT2D eigenvalue weighted by molar-refractivity contribution is 0.189. The summed E-state index contributed by atoms with van der Waals surface area (Å²) < 4.78 is 8.22. The lowest BCUT2D eigenvalue weighted by atomic mass is 9.79. The van der Waals surface area contributed by atoms with E-state index >= 15 is 0 Å². The van der Waals surface area contributed by atoms with Crippen molar-refractivity contribution in [3.05, 3.63) is 47.5 Å². The largest absolute Gasteiger partial charge is 0.360 e. The monoisotopic (exact) mass is 303 g/mol. The molecule has 0 bridgehead atoms. The maximum absolute atomic E-state index is 6.41. The molecule has 0 N–H and O–H groups in total. The van der Waals surface area contributed by atoms with E-state index in [2.05, 4.69) is 30.0 Å². The molecule has 21 heavy (non-hydrogen) atoms. The van der Waals surface area contributed by atoms with E-state index in [0.717, 1.165) is 23.4 Å². The summed E-state index contributed by atoms with van der Waals surface area (Å²) in [4.78, 5) is 4.07. The van der Waals surface area contributed by atoms with Crippen LogP contribution in [-0.4, -0.2) is 26.0 Å². The third kappa shape index (κ3) is 1.72. The lowest BCUT2D eigenvalue weighted by Crippen LogP contribution is -2.34. The molecule has 1 spiro atoms. The number of rotatable bonds is 4. The molecule has 4 nitrogen and oxygen atoms in total. The third-order valence-corrected chi connectivity index (χ3v) is 5.55. The molecule has 1 saturated carbocycles. The Bertz CT molecular complexity index is 668. The number of ether oxygens (including phenoxy) is 1. The summed E-state index contributed by atoms with van der Waals surface area (Å²) in [6.07, 6.45) is 5.59. The molecule has 3 atom stereocenters. The van der Waals surface area contributed by atoms with Crippen LogP contribution in [0.1, 0.15) is 44.2 Å². The summed E-state index contributed by atoms with van der Waals surface area (Å²) in [5.41, 5.74) is 0.942. The fourth-order valence-electron chi connectivity index (χ4n) is 3.89. The normalized spacial score (nSPS) is 28.3. The average Bonchev–Trinajstić information content (AvgIpc) is 3.33. The van der Waals surface area contributed by atoms with E-state index in [1.54, 1.807) is 12.7 Å². The molecule has 2 fully saturated rings. The Morgan fingerprint density at radius 3 is 2.62 bits per heavy atom. The van der Waals surface area contributed by atoms with Gasteiger partial charge in [0.15, 0.2) is 0 Å². The van der Waals surface area contributed by atoms with Crippen molar-refractivity contribution in [2.75, 3.05) is 0 Å². The molecule has 4 rings (SSSR count). The molecule has 1 aromatic carbocycles. The van der Waals surface area contributed by atoms with Gasteiger partial charge in [-0.1, -0.05) is 36.7 Å². The molecule has 5 heteroatoms. The van der Waals surface area contributed by atoms with E-state index in [4.69, 9.17) is 16.3 Å². The highest BCUT2D eigenvalue weighted by molar-refractivity contribution is 6.31. The van der Waals surface area contributed by atoms with E-state index in [0.29, 0.717) is 0 Å². The Hall–Kier alpha value is -1.39. The number of nitrogens with zero attached hydrogens (tertiary/aromatic N) is 3. The highest BCUT2D eigenvalue weighted by Crippen LogP contribution is 2.73. The van der Waals surface area contributed by atoms with E-state index in [-0.39, 0.29) is 23.2 Å². The predicted molar refractivity (Wildman–Crippen MR) is 80.4 cm³/mol. The van der Waals surface area contributed by atoms with Gasteiger partial charge in [-0.15, -0.1) is 0 Å². The van der Waals surface area contributed by atoms with Gasteiger partial charge in [0.05, 0.1) is 6.04 Å². The van der Waals surface area contributed by atoms with Gasteiger partial charge in [-0.3, -0.25) is 0 Å². The quantitative estimate of drug-likeness (QED) is 0.811.